The van der Waals surface area contributed by atoms with Gasteiger partial charge in [0.15, 0.2) is 12.1 Å². The van der Waals surface area contributed by atoms with E-state index in [1.165, 1.54) is 6.08 Å². The van der Waals surface area contributed by atoms with E-state index >= 15 is 0 Å². The Morgan fingerprint density at radius 2 is 2.47 bits per heavy atom. The van der Waals surface area contributed by atoms with Crippen LogP contribution in [0.5, 0.6) is 0 Å². The van der Waals surface area contributed by atoms with Gasteiger partial charge < -0.3 is 14.6 Å². The zero-order valence-corrected chi connectivity index (χ0v) is 9.96. The van der Waals surface area contributed by atoms with Crippen LogP contribution in [0.15, 0.2) is 36.5 Å². The van der Waals surface area contributed by atoms with Crippen LogP contribution in [-0.4, -0.2) is 36.5 Å². The first-order valence-electron chi connectivity index (χ1n) is 5.56. The van der Waals surface area contributed by atoms with Crippen molar-refractivity contribution in [2.24, 2.45) is 0 Å². The zero-order valence-electron chi connectivity index (χ0n) is 9.96. The van der Waals surface area contributed by atoms with Gasteiger partial charge in [-0.3, -0.25) is 4.79 Å². The van der Waals surface area contributed by atoms with Crippen LogP contribution in [0.3, 0.4) is 0 Å². The second kappa shape index (κ2) is 7.17. The molecule has 0 saturated heterocycles. The lowest BCUT2D eigenvalue weighted by Crippen LogP contribution is -2.35. The van der Waals surface area contributed by atoms with Crippen molar-refractivity contribution in [2.45, 2.75) is 25.7 Å². The number of carbonyl (C=O) groups is 1. The summed E-state index contributed by atoms with van der Waals surface area (Å²) in [6, 6.07) is 0. The largest absolute Gasteiger partial charge is 0.393 e. The van der Waals surface area contributed by atoms with Crippen LogP contribution in [0.2, 0.25) is 0 Å². The average molecular weight is 238 g/mol. The molecule has 0 amide bonds. The van der Waals surface area contributed by atoms with Gasteiger partial charge in [-0.05, 0) is 25.5 Å². The Kier molecular flexibility index (Phi) is 5.83. The topological polar surface area (TPSA) is 55.8 Å². The van der Waals surface area contributed by atoms with Crippen LogP contribution >= 0.6 is 0 Å². The van der Waals surface area contributed by atoms with Gasteiger partial charge in [-0.15, -0.1) is 0 Å². The van der Waals surface area contributed by atoms with E-state index in [9.17, 15) is 4.79 Å². The average Bonchev–Trinajstić information content (AvgIpc) is 2.36. The molecule has 2 atom stereocenters. The summed E-state index contributed by atoms with van der Waals surface area (Å²) in [5, 5.41) is 8.90. The molecule has 1 N–H and O–H groups in total. The molecule has 94 valence electrons. The Bertz CT molecular complexity index is 330. The summed E-state index contributed by atoms with van der Waals surface area (Å²) in [4.78, 5) is 11.2. The molecule has 4 nitrogen and oxygen atoms in total. The van der Waals surface area contributed by atoms with Crippen molar-refractivity contribution < 1.29 is 19.4 Å². The Morgan fingerprint density at radius 3 is 3.12 bits per heavy atom. The number of aliphatic hydroxyl groups excluding tert-OH is 1. The van der Waals surface area contributed by atoms with E-state index in [1.807, 2.05) is 13.0 Å². The molecule has 0 bridgehead atoms. The van der Waals surface area contributed by atoms with Crippen molar-refractivity contribution >= 4 is 5.78 Å². The molecular formula is C13H18O4. The lowest BCUT2D eigenvalue weighted by Gasteiger charge is -2.23. The van der Waals surface area contributed by atoms with Gasteiger partial charge in [0.05, 0.1) is 13.2 Å². The SMILES string of the molecule is C=C/C(C)=C/CCO[C@@H]1C=CC(=O)[C@@H](CO)O1. The summed E-state index contributed by atoms with van der Waals surface area (Å²) in [6.07, 6.45) is 6.13. The molecule has 0 aliphatic carbocycles. The van der Waals surface area contributed by atoms with E-state index in [2.05, 4.69) is 6.58 Å². The molecule has 1 aliphatic heterocycles. The van der Waals surface area contributed by atoms with Gasteiger partial charge in [0.1, 0.15) is 6.10 Å². The summed E-state index contributed by atoms with van der Waals surface area (Å²) in [6.45, 7) is 5.78. The van der Waals surface area contributed by atoms with Gasteiger partial charge in [-0.1, -0.05) is 24.3 Å². The molecule has 0 aromatic heterocycles. The van der Waals surface area contributed by atoms with Crippen LogP contribution in [0.25, 0.3) is 0 Å². The van der Waals surface area contributed by atoms with Crippen molar-refractivity contribution in [1.82, 2.24) is 0 Å². The summed E-state index contributed by atoms with van der Waals surface area (Å²) < 4.78 is 10.6. The normalized spacial score (nSPS) is 25.1. The molecule has 4 heteroatoms. The molecular weight excluding hydrogens is 220 g/mol. The fourth-order valence-corrected chi connectivity index (χ4v) is 1.34. The number of aliphatic hydroxyl groups is 1. The number of hydrogen-bond acceptors (Lipinski definition) is 4. The maximum atomic E-state index is 11.2. The first-order chi connectivity index (χ1) is 8.17. The molecule has 17 heavy (non-hydrogen) atoms. The maximum absolute atomic E-state index is 11.2. The van der Waals surface area contributed by atoms with E-state index in [4.69, 9.17) is 14.6 Å². The van der Waals surface area contributed by atoms with Crippen molar-refractivity contribution in [3.63, 3.8) is 0 Å². The number of allylic oxidation sites excluding steroid dienone is 2. The summed E-state index contributed by atoms with van der Waals surface area (Å²) in [7, 11) is 0. The first kappa shape index (κ1) is 13.8. The van der Waals surface area contributed by atoms with Gasteiger partial charge in [0.2, 0.25) is 0 Å². The predicted molar refractivity (Wildman–Crippen MR) is 64.4 cm³/mol. The molecule has 1 heterocycles. The highest BCUT2D eigenvalue weighted by molar-refractivity contribution is 5.94. The highest BCUT2D eigenvalue weighted by Crippen LogP contribution is 2.11. The number of ketones is 1. The minimum atomic E-state index is -0.796. The fraction of sp³-hybridized carbons (Fsp3) is 0.462. The van der Waals surface area contributed by atoms with Crippen LogP contribution in [0, 0.1) is 0 Å². The molecule has 0 aromatic rings. The number of ether oxygens (including phenoxy) is 2. The van der Waals surface area contributed by atoms with Crippen LogP contribution < -0.4 is 0 Å². The van der Waals surface area contributed by atoms with Gasteiger partial charge in [0.25, 0.3) is 0 Å². The number of rotatable bonds is 6. The predicted octanol–water partition coefficient (Wildman–Crippen LogP) is 1.37. The van der Waals surface area contributed by atoms with E-state index in [0.717, 1.165) is 12.0 Å². The second-order valence-electron chi connectivity index (χ2n) is 3.75. The van der Waals surface area contributed by atoms with Crippen molar-refractivity contribution in [2.75, 3.05) is 13.2 Å². The standard InChI is InChI=1S/C13H18O4/c1-3-10(2)5-4-8-16-13-7-6-11(15)12(9-14)17-13/h3,5-7,12-14H,1,4,8-9H2,2H3/b10-5+/t12-,13+/m1/s1. The fourth-order valence-electron chi connectivity index (χ4n) is 1.34. The van der Waals surface area contributed by atoms with Gasteiger partial charge in [0, 0.05) is 0 Å². The molecule has 1 aliphatic rings. The van der Waals surface area contributed by atoms with E-state index < -0.39 is 12.4 Å². The molecule has 0 aromatic carbocycles. The molecule has 1 rings (SSSR count). The second-order valence-corrected chi connectivity index (χ2v) is 3.75. The minimum Gasteiger partial charge on any atom is -0.393 e. The summed E-state index contributed by atoms with van der Waals surface area (Å²) >= 11 is 0. The monoisotopic (exact) mass is 238 g/mol. The third-order valence-corrected chi connectivity index (χ3v) is 2.39. The Labute approximate surface area is 101 Å². The third kappa shape index (κ3) is 4.65. The molecule has 0 radical (unpaired) electrons. The number of hydrogen-bond donors (Lipinski definition) is 1. The molecule has 0 unspecified atom stereocenters. The van der Waals surface area contributed by atoms with Crippen LogP contribution in [-0.2, 0) is 14.3 Å². The minimum absolute atomic E-state index is 0.227. The van der Waals surface area contributed by atoms with Crippen LogP contribution in [0.1, 0.15) is 13.3 Å². The van der Waals surface area contributed by atoms with E-state index in [1.54, 1.807) is 12.2 Å². The molecule has 0 fully saturated rings. The van der Waals surface area contributed by atoms with Crippen molar-refractivity contribution in [3.05, 3.63) is 36.5 Å². The third-order valence-electron chi connectivity index (χ3n) is 2.39. The first-order valence-corrected chi connectivity index (χ1v) is 5.56. The van der Waals surface area contributed by atoms with Crippen molar-refractivity contribution in [3.8, 4) is 0 Å². The zero-order chi connectivity index (χ0) is 12.7. The van der Waals surface area contributed by atoms with Crippen LogP contribution in [0.4, 0.5) is 0 Å². The summed E-state index contributed by atoms with van der Waals surface area (Å²) in [5.41, 5.74) is 1.09. The summed E-state index contributed by atoms with van der Waals surface area (Å²) in [5.74, 6) is -0.227. The number of carbonyl (C=O) groups excluding carboxylic acids is 1. The Balaban J connectivity index is 2.31. The lowest BCUT2D eigenvalue weighted by atomic mass is 10.2. The Hall–Kier alpha value is -1.23. The van der Waals surface area contributed by atoms with E-state index in [-0.39, 0.29) is 12.4 Å². The quantitative estimate of drug-likeness (QED) is 0.561. The maximum Gasteiger partial charge on any atom is 0.186 e. The lowest BCUT2D eigenvalue weighted by molar-refractivity contribution is -0.168. The highest BCUT2D eigenvalue weighted by Gasteiger charge is 2.24. The van der Waals surface area contributed by atoms with E-state index in [0.29, 0.717) is 6.61 Å². The molecule has 0 spiro atoms. The van der Waals surface area contributed by atoms with Gasteiger partial charge in [-0.25, -0.2) is 0 Å². The van der Waals surface area contributed by atoms with Gasteiger partial charge >= 0.3 is 0 Å². The Morgan fingerprint density at radius 1 is 1.71 bits per heavy atom. The molecule has 0 saturated carbocycles. The van der Waals surface area contributed by atoms with Gasteiger partial charge in [-0.2, -0.15) is 0 Å². The van der Waals surface area contributed by atoms with Crippen molar-refractivity contribution in [1.29, 1.82) is 0 Å². The highest BCUT2D eigenvalue weighted by atomic mass is 16.7. The smallest absolute Gasteiger partial charge is 0.186 e.